The molecule has 6 heteroatoms. The summed E-state index contributed by atoms with van der Waals surface area (Å²) in [5, 5.41) is 10.2. The topological polar surface area (TPSA) is 92.9 Å². The summed E-state index contributed by atoms with van der Waals surface area (Å²) in [6.45, 7) is 1.14. The van der Waals surface area contributed by atoms with Crippen molar-refractivity contribution in [3.8, 4) is 5.75 Å². The van der Waals surface area contributed by atoms with Gasteiger partial charge in [0.2, 0.25) is 0 Å². The number of carbonyl (C=O) groups is 2. The number of nitrogens with zero attached hydrogens (tertiary/aromatic N) is 1. The lowest BCUT2D eigenvalue weighted by Crippen LogP contribution is -2.46. The van der Waals surface area contributed by atoms with Crippen LogP contribution in [0.5, 0.6) is 5.75 Å². The van der Waals surface area contributed by atoms with Crippen molar-refractivity contribution in [1.29, 1.82) is 0 Å². The van der Waals surface area contributed by atoms with Gasteiger partial charge in [-0.25, -0.2) is 0 Å². The van der Waals surface area contributed by atoms with E-state index in [2.05, 4.69) is 0 Å². The van der Waals surface area contributed by atoms with Crippen LogP contribution in [0.15, 0.2) is 24.3 Å². The molecular formula is C17H22N2O4. The number of amides is 2. The number of likely N-dealkylation sites (tertiary alicyclic amines) is 1. The first-order chi connectivity index (χ1) is 11.0. The van der Waals surface area contributed by atoms with Crippen LogP contribution in [0.25, 0.3) is 0 Å². The first kappa shape index (κ1) is 15.8. The number of piperidine rings is 1. The molecule has 1 atom stereocenters. The number of nitrogens with two attached hydrogens (primary N) is 1. The average Bonchev–Trinajstić information content (AvgIpc) is 3.32. The second kappa shape index (κ2) is 6.20. The van der Waals surface area contributed by atoms with Gasteiger partial charge in [-0.15, -0.1) is 0 Å². The zero-order valence-electron chi connectivity index (χ0n) is 13.0. The summed E-state index contributed by atoms with van der Waals surface area (Å²) in [6.07, 6.45) is 3.53. The summed E-state index contributed by atoms with van der Waals surface area (Å²) >= 11 is 0. The van der Waals surface area contributed by atoms with E-state index in [4.69, 9.17) is 10.5 Å². The zero-order valence-corrected chi connectivity index (χ0v) is 13.0. The Morgan fingerprint density at radius 2 is 2.09 bits per heavy atom. The minimum atomic E-state index is -0.581. The molecule has 2 amide bonds. The van der Waals surface area contributed by atoms with Crippen molar-refractivity contribution in [2.75, 3.05) is 19.7 Å². The number of hydrogen-bond donors (Lipinski definition) is 2. The molecule has 1 aromatic carbocycles. The third-order valence-corrected chi connectivity index (χ3v) is 4.80. The number of carbonyl (C=O) groups excluding carboxylic acids is 2. The standard InChI is InChI=1S/C17H22N2O4/c18-16(21)13-5-1-2-6-14(13)23-11-15(20)19-9-3-4-12(10-19)17(22)7-8-17/h1-2,5-6,12,22H,3-4,7-11H2,(H2,18,21). The molecule has 2 fully saturated rings. The zero-order chi connectivity index (χ0) is 16.4. The minimum absolute atomic E-state index is 0.127. The molecule has 1 unspecified atom stereocenters. The summed E-state index contributed by atoms with van der Waals surface area (Å²) in [5.74, 6) is -0.221. The van der Waals surface area contributed by atoms with Gasteiger partial charge in [0.1, 0.15) is 5.75 Å². The number of rotatable bonds is 5. The van der Waals surface area contributed by atoms with Gasteiger partial charge in [0, 0.05) is 19.0 Å². The number of ether oxygens (including phenoxy) is 1. The van der Waals surface area contributed by atoms with Crippen molar-refractivity contribution < 1.29 is 19.4 Å². The van der Waals surface area contributed by atoms with Gasteiger partial charge in [0.15, 0.2) is 6.61 Å². The van der Waals surface area contributed by atoms with E-state index in [0.717, 1.165) is 25.7 Å². The third kappa shape index (κ3) is 3.47. The highest BCUT2D eigenvalue weighted by molar-refractivity contribution is 5.95. The quantitative estimate of drug-likeness (QED) is 0.844. The van der Waals surface area contributed by atoms with E-state index < -0.39 is 11.5 Å². The highest BCUT2D eigenvalue weighted by atomic mass is 16.5. The molecular weight excluding hydrogens is 296 g/mol. The van der Waals surface area contributed by atoms with Crippen LogP contribution in [0.1, 0.15) is 36.0 Å². The maximum atomic E-state index is 12.3. The highest BCUT2D eigenvalue weighted by Crippen LogP contribution is 2.45. The number of aliphatic hydroxyl groups is 1. The van der Waals surface area contributed by atoms with E-state index in [1.165, 1.54) is 0 Å². The maximum absolute atomic E-state index is 12.3. The summed E-state index contributed by atoms with van der Waals surface area (Å²) in [4.78, 5) is 25.4. The second-order valence-corrected chi connectivity index (χ2v) is 6.43. The molecule has 1 saturated carbocycles. The van der Waals surface area contributed by atoms with Crippen molar-refractivity contribution >= 4 is 11.8 Å². The molecule has 1 saturated heterocycles. The molecule has 1 aliphatic carbocycles. The van der Waals surface area contributed by atoms with Gasteiger partial charge >= 0.3 is 0 Å². The Kier molecular flexibility index (Phi) is 4.26. The Morgan fingerprint density at radius 1 is 1.35 bits per heavy atom. The molecule has 1 heterocycles. The first-order valence-corrected chi connectivity index (χ1v) is 8.01. The fourth-order valence-corrected chi connectivity index (χ4v) is 3.21. The first-order valence-electron chi connectivity index (χ1n) is 8.01. The molecule has 6 nitrogen and oxygen atoms in total. The Morgan fingerprint density at radius 3 is 2.78 bits per heavy atom. The Bertz CT molecular complexity index is 612. The highest BCUT2D eigenvalue weighted by Gasteiger charge is 2.49. The average molecular weight is 318 g/mol. The van der Waals surface area contributed by atoms with E-state index in [1.54, 1.807) is 29.2 Å². The molecule has 1 aromatic rings. The predicted molar refractivity (Wildman–Crippen MR) is 83.9 cm³/mol. The van der Waals surface area contributed by atoms with Gasteiger partial charge in [0.25, 0.3) is 11.8 Å². The van der Waals surface area contributed by atoms with Crippen LogP contribution in [0.4, 0.5) is 0 Å². The lowest BCUT2D eigenvalue weighted by atomic mass is 9.90. The molecule has 1 aliphatic heterocycles. The van der Waals surface area contributed by atoms with Crippen molar-refractivity contribution in [2.45, 2.75) is 31.3 Å². The Labute approximate surface area is 135 Å². The SMILES string of the molecule is NC(=O)c1ccccc1OCC(=O)N1CCCC(C2(O)CC2)C1. The van der Waals surface area contributed by atoms with Gasteiger partial charge in [-0.1, -0.05) is 12.1 Å². The molecule has 0 radical (unpaired) electrons. The summed E-state index contributed by atoms with van der Waals surface area (Å²) < 4.78 is 5.50. The molecule has 2 aliphatic rings. The molecule has 0 bridgehead atoms. The monoisotopic (exact) mass is 318 g/mol. The van der Waals surface area contributed by atoms with Crippen LogP contribution in [-0.4, -0.2) is 47.1 Å². The largest absolute Gasteiger partial charge is 0.483 e. The van der Waals surface area contributed by atoms with Crippen LogP contribution in [0.3, 0.4) is 0 Å². The predicted octanol–water partition coefficient (Wildman–Crippen LogP) is 0.928. The molecule has 124 valence electrons. The van der Waals surface area contributed by atoms with Gasteiger partial charge in [-0.3, -0.25) is 9.59 Å². The van der Waals surface area contributed by atoms with E-state index in [0.29, 0.717) is 18.8 Å². The summed E-state index contributed by atoms with van der Waals surface area (Å²) in [6, 6.07) is 6.62. The third-order valence-electron chi connectivity index (χ3n) is 4.80. The van der Waals surface area contributed by atoms with Gasteiger partial charge in [-0.05, 0) is 37.8 Å². The molecule has 0 spiro atoms. The molecule has 23 heavy (non-hydrogen) atoms. The number of para-hydroxylation sites is 1. The minimum Gasteiger partial charge on any atom is -0.483 e. The normalized spacial score (nSPS) is 22.5. The van der Waals surface area contributed by atoms with Crippen molar-refractivity contribution in [3.63, 3.8) is 0 Å². The van der Waals surface area contributed by atoms with E-state index >= 15 is 0 Å². The van der Waals surface area contributed by atoms with Crippen LogP contribution < -0.4 is 10.5 Å². The summed E-state index contributed by atoms with van der Waals surface area (Å²) in [5.41, 5.74) is 5.01. The Hall–Kier alpha value is -2.08. The van der Waals surface area contributed by atoms with Gasteiger partial charge in [-0.2, -0.15) is 0 Å². The van der Waals surface area contributed by atoms with Gasteiger partial charge < -0.3 is 20.5 Å². The number of hydrogen-bond acceptors (Lipinski definition) is 4. The van der Waals surface area contributed by atoms with E-state index in [-0.39, 0.29) is 24.0 Å². The smallest absolute Gasteiger partial charge is 0.260 e. The van der Waals surface area contributed by atoms with Crippen molar-refractivity contribution in [1.82, 2.24) is 4.90 Å². The number of benzene rings is 1. The van der Waals surface area contributed by atoms with E-state index in [1.807, 2.05) is 0 Å². The fraction of sp³-hybridized carbons (Fsp3) is 0.529. The lowest BCUT2D eigenvalue weighted by Gasteiger charge is -2.35. The molecule has 3 rings (SSSR count). The fourth-order valence-electron chi connectivity index (χ4n) is 3.21. The van der Waals surface area contributed by atoms with Crippen LogP contribution >= 0.6 is 0 Å². The van der Waals surface area contributed by atoms with Crippen molar-refractivity contribution in [3.05, 3.63) is 29.8 Å². The second-order valence-electron chi connectivity index (χ2n) is 6.43. The van der Waals surface area contributed by atoms with Crippen LogP contribution in [0, 0.1) is 5.92 Å². The number of primary amides is 1. The van der Waals surface area contributed by atoms with E-state index in [9.17, 15) is 14.7 Å². The van der Waals surface area contributed by atoms with Crippen LogP contribution in [-0.2, 0) is 4.79 Å². The molecule has 0 aromatic heterocycles. The molecule has 3 N–H and O–H groups in total. The van der Waals surface area contributed by atoms with Gasteiger partial charge in [0.05, 0.1) is 11.2 Å². The maximum Gasteiger partial charge on any atom is 0.260 e. The van der Waals surface area contributed by atoms with Crippen molar-refractivity contribution in [2.24, 2.45) is 11.7 Å². The summed E-state index contributed by atoms with van der Waals surface area (Å²) in [7, 11) is 0. The van der Waals surface area contributed by atoms with Crippen LogP contribution in [0.2, 0.25) is 0 Å². The lowest BCUT2D eigenvalue weighted by molar-refractivity contribution is -0.136. The Balaban J connectivity index is 1.58.